The van der Waals surface area contributed by atoms with Gasteiger partial charge < -0.3 is 11.1 Å². The molecule has 2 aliphatic heterocycles. The number of piperidine rings is 1. The molecule has 1 aromatic carbocycles. The molecule has 4 fully saturated rings. The quantitative estimate of drug-likeness (QED) is 0.748. The summed E-state index contributed by atoms with van der Waals surface area (Å²) in [6.07, 6.45) is 16.0. The molecule has 3 unspecified atom stereocenters. The van der Waals surface area contributed by atoms with Crippen molar-refractivity contribution in [3.63, 3.8) is 0 Å². The largest absolute Gasteiger partial charge is 0.397 e. The molecule has 26 heavy (non-hydrogen) atoms. The van der Waals surface area contributed by atoms with Crippen LogP contribution in [0.3, 0.4) is 0 Å². The van der Waals surface area contributed by atoms with E-state index in [2.05, 4.69) is 22.3 Å². The van der Waals surface area contributed by atoms with Crippen LogP contribution in [-0.4, -0.2) is 29.1 Å². The van der Waals surface area contributed by atoms with E-state index in [1.165, 1.54) is 70.6 Å². The van der Waals surface area contributed by atoms with Gasteiger partial charge in [0.05, 0.1) is 11.4 Å². The van der Waals surface area contributed by atoms with Gasteiger partial charge in [-0.05, 0) is 68.9 Å². The van der Waals surface area contributed by atoms with Gasteiger partial charge in [0.25, 0.3) is 0 Å². The first-order valence-electron chi connectivity index (χ1n) is 11.1. The Morgan fingerprint density at radius 3 is 2.08 bits per heavy atom. The number of para-hydroxylation sites is 2. The predicted octanol–water partition coefficient (Wildman–Crippen LogP) is 5.04. The molecule has 0 spiro atoms. The van der Waals surface area contributed by atoms with Gasteiger partial charge in [-0.3, -0.25) is 4.90 Å². The monoisotopic (exact) mass is 353 g/mol. The molecule has 5 atom stereocenters. The zero-order valence-corrected chi connectivity index (χ0v) is 16.1. The molecule has 4 bridgehead atoms. The fourth-order valence-corrected chi connectivity index (χ4v) is 6.89. The third-order valence-electron chi connectivity index (χ3n) is 7.88. The predicted molar refractivity (Wildman–Crippen MR) is 109 cm³/mol. The molecule has 0 aromatic heterocycles. The van der Waals surface area contributed by atoms with Crippen LogP contribution in [0.5, 0.6) is 0 Å². The summed E-state index contributed by atoms with van der Waals surface area (Å²) < 4.78 is 0. The summed E-state index contributed by atoms with van der Waals surface area (Å²) in [4.78, 5) is 3.01. The number of rotatable bonds is 3. The van der Waals surface area contributed by atoms with Crippen LogP contribution >= 0.6 is 0 Å². The van der Waals surface area contributed by atoms with Crippen molar-refractivity contribution < 1.29 is 0 Å². The Balaban J connectivity index is 1.27. The lowest BCUT2D eigenvalue weighted by Crippen LogP contribution is -2.53. The van der Waals surface area contributed by atoms with Gasteiger partial charge in [0.1, 0.15) is 0 Å². The summed E-state index contributed by atoms with van der Waals surface area (Å²) in [6.45, 7) is 0. The van der Waals surface area contributed by atoms with E-state index >= 15 is 0 Å². The topological polar surface area (TPSA) is 41.3 Å². The zero-order chi connectivity index (χ0) is 17.5. The fraction of sp³-hybridized carbons (Fsp3) is 0.739. The molecule has 5 rings (SSSR count). The van der Waals surface area contributed by atoms with Crippen molar-refractivity contribution in [2.45, 2.75) is 94.8 Å². The first-order chi connectivity index (χ1) is 12.8. The van der Waals surface area contributed by atoms with Crippen molar-refractivity contribution in [1.82, 2.24) is 4.90 Å². The zero-order valence-electron chi connectivity index (χ0n) is 16.1. The summed E-state index contributed by atoms with van der Waals surface area (Å²) in [7, 11) is 0. The molecule has 2 aliphatic carbocycles. The molecule has 2 heterocycles. The van der Waals surface area contributed by atoms with Gasteiger partial charge in [0.15, 0.2) is 0 Å². The Hall–Kier alpha value is -1.22. The van der Waals surface area contributed by atoms with Crippen molar-refractivity contribution >= 4 is 11.4 Å². The Morgan fingerprint density at radius 2 is 1.42 bits per heavy atom. The summed E-state index contributed by atoms with van der Waals surface area (Å²) in [6, 6.07) is 11.4. The lowest BCUT2D eigenvalue weighted by molar-refractivity contribution is 0.0322. The highest BCUT2D eigenvalue weighted by Crippen LogP contribution is 2.46. The molecule has 3 nitrogen and oxygen atoms in total. The van der Waals surface area contributed by atoms with E-state index in [4.69, 9.17) is 5.73 Å². The molecule has 3 N–H and O–H groups in total. The maximum absolute atomic E-state index is 6.16. The van der Waals surface area contributed by atoms with Crippen LogP contribution in [0, 0.1) is 11.8 Å². The second-order valence-corrected chi connectivity index (χ2v) is 9.61. The first kappa shape index (κ1) is 16.9. The van der Waals surface area contributed by atoms with Gasteiger partial charge >= 0.3 is 0 Å². The Bertz CT molecular complexity index is 602. The summed E-state index contributed by atoms with van der Waals surface area (Å²) >= 11 is 0. The highest BCUT2D eigenvalue weighted by molar-refractivity contribution is 5.66. The average Bonchev–Trinajstić information content (AvgIpc) is 2.80. The molecule has 3 heteroatoms. The van der Waals surface area contributed by atoms with E-state index in [1.807, 2.05) is 12.1 Å². The minimum absolute atomic E-state index is 0.597. The van der Waals surface area contributed by atoms with Crippen molar-refractivity contribution in [2.75, 3.05) is 11.1 Å². The van der Waals surface area contributed by atoms with Crippen LogP contribution in [0.2, 0.25) is 0 Å². The molecule has 2 saturated carbocycles. The lowest BCUT2D eigenvalue weighted by Gasteiger charge is -2.47. The van der Waals surface area contributed by atoms with Gasteiger partial charge in [-0.1, -0.05) is 37.8 Å². The van der Waals surface area contributed by atoms with E-state index in [0.717, 1.165) is 41.3 Å². The number of hydrogen-bond acceptors (Lipinski definition) is 3. The van der Waals surface area contributed by atoms with Crippen molar-refractivity contribution in [2.24, 2.45) is 11.8 Å². The van der Waals surface area contributed by atoms with E-state index in [0.29, 0.717) is 6.04 Å². The minimum Gasteiger partial charge on any atom is -0.397 e. The highest BCUT2D eigenvalue weighted by atomic mass is 15.3. The second-order valence-electron chi connectivity index (χ2n) is 9.61. The molecule has 0 radical (unpaired) electrons. The molecule has 0 amide bonds. The molecule has 4 aliphatic rings. The van der Waals surface area contributed by atoms with Crippen LogP contribution in [0.15, 0.2) is 24.3 Å². The minimum atomic E-state index is 0.597. The van der Waals surface area contributed by atoms with Crippen LogP contribution in [0.1, 0.15) is 70.6 Å². The van der Waals surface area contributed by atoms with Gasteiger partial charge in [-0.15, -0.1) is 0 Å². The maximum Gasteiger partial charge on any atom is 0.0576 e. The van der Waals surface area contributed by atoms with Gasteiger partial charge in [-0.2, -0.15) is 0 Å². The number of nitrogens with one attached hydrogen (secondary N) is 1. The summed E-state index contributed by atoms with van der Waals surface area (Å²) in [5.41, 5.74) is 8.18. The van der Waals surface area contributed by atoms with Crippen molar-refractivity contribution in [3.8, 4) is 0 Å². The van der Waals surface area contributed by atoms with Crippen LogP contribution < -0.4 is 11.1 Å². The number of hydrogen-bond donors (Lipinski definition) is 2. The van der Waals surface area contributed by atoms with Crippen molar-refractivity contribution in [3.05, 3.63) is 24.3 Å². The molecule has 142 valence electrons. The Kier molecular flexibility index (Phi) is 4.60. The Labute approximate surface area is 158 Å². The van der Waals surface area contributed by atoms with Crippen LogP contribution in [0.25, 0.3) is 0 Å². The number of anilines is 2. The molecule has 2 saturated heterocycles. The smallest absolute Gasteiger partial charge is 0.0576 e. The third-order valence-corrected chi connectivity index (χ3v) is 7.88. The standard InChI is InChI=1S/C23H35N3/c24-22-7-3-4-8-23(22)25-18-14-19-9-10-20(15-18)26(19)21-12-16-5-1-2-6-17(11-16)13-21/h3-4,7-8,16-21,25H,1-2,5-6,9-15,24H2/t16?,17?,18?,19-,20+,21?. The Morgan fingerprint density at radius 1 is 0.769 bits per heavy atom. The lowest BCUT2D eigenvalue weighted by atomic mass is 9.76. The van der Waals surface area contributed by atoms with Crippen LogP contribution in [-0.2, 0) is 0 Å². The highest BCUT2D eigenvalue weighted by Gasteiger charge is 2.46. The van der Waals surface area contributed by atoms with E-state index in [9.17, 15) is 0 Å². The molecular formula is C23H35N3. The number of nitrogens with zero attached hydrogens (tertiary/aromatic N) is 1. The number of nitrogens with two attached hydrogens (primary N) is 1. The van der Waals surface area contributed by atoms with Gasteiger partial charge in [0.2, 0.25) is 0 Å². The number of benzene rings is 1. The second kappa shape index (κ2) is 7.07. The van der Waals surface area contributed by atoms with E-state index in [1.54, 1.807) is 0 Å². The number of fused-ring (bicyclic) bond motifs is 4. The van der Waals surface area contributed by atoms with Gasteiger partial charge in [-0.25, -0.2) is 0 Å². The fourth-order valence-electron chi connectivity index (χ4n) is 6.89. The van der Waals surface area contributed by atoms with Crippen LogP contribution in [0.4, 0.5) is 11.4 Å². The summed E-state index contributed by atoms with van der Waals surface area (Å²) in [5.74, 6) is 2.06. The SMILES string of the molecule is Nc1ccccc1NC1C[C@H]2CC[C@@H](C1)N2C1CC2CCCCC(C2)C1. The summed E-state index contributed by atoms with van der Waals surface area (Å²) in [5, 5.41) is 3.77. The van der Waals surface area contributed by atoms with Crippen molar-refractivity contribution in [1.29, 1.82) is 0 Å². The normalized spacial score (nSPS) is 40.2. The number of nitrogen functional groups attached to an aromatic ring is 1. The maximum atomic E-state index is 6.16. The molecule has 1 aromatic rings. The molecular weight excluding hydrogens is 318 g/mol. The van der Waals surface area contributed by atoms with Gasteiger partial charge in [0, 0.05) is 24.2 Å². The van der Waals surface area contributed by atoms with E-state index in [-0.39, 0.29) is 0 Å². The van der Waals surface area contributed by atoms with E-state index < -0.39 is 0 Å². The first-order valence-corrected chi connectivity index (χ1v) is 11.1. The third kappa shape index (κ3) is 3.24. The average molecular weight is 354 g/mol.